The molecule has 0 unspecified atom stereocenters. The normalized spacial score (nSPS) is 14.8. The number of ketones is 1. The highest BCUT2D eigenvalue weighted by Crippen LogP contribution is 2.29. The number of rotatable bonds is 6. The molecule has 36 heavy (non-hydrogen) atoms. The number of nitrogens with zero attached hydrogens (tertiary/aromatic N) is 2. The minimum Gasteiger partial charge on any atom is -0.326 e. The standard InChI is InChI=1S/C28H26F2N4O2/c1-17(35)18-2-4-19(5-3-18)27-24-15-23(8-9-26(24)32-33-27)31-28(36)20-10-12-34(13-11-20)16-21-6-7-22(29)14-25(21)30/h2-9,14-15,20H,10-13,16H2,1H3,(H,31,36)(H,32,33). The summed E-state index contributed by atoms with van der Waals surface area (Å²) in [5.41, 5.74) is 4.25. The monoisotopic (exact) mass is 488 g/mol. The maximum Gasteiger partial charge on any atom is 0.227 e. The smallest absolute Gasteiger partial charge is 0.227 e. The lowest BCUT2D eigenvalue weighted by Gasteiger charge is -2.31. The highest BCUT2D eigenvalue weighted by Gasteiger charge is 2.25. The molecule has 3 aromatic carbocycles. The second kappa shape index (κ2) is 9.99. The number of anilines is 1. The van der Waals surface area contributed by atoms with Crippen molar-refractivity contribution in [3.05, 3.63) is 83.4 Å². The van der Waals surface area contributed by atoms with Gasteiger partial charge in [0.25, 0.3) is 0 Å². The zero-order valence-corrected chi connectivity index (χ0v) is 19.9. The van der Waals surface area contributed by atoms with E-state index in [-0.39, 0.29) is 17.6 Å². The molecule has 0 saturated carbocycles. The van der Waals surface area contributed by atoms with Crippen LogP contribution in [0.15, 0.2) is 60.7 Å². The van der Waals surface area contributed by atoms with Crippen LogP contribution in [-0.2, 0) is 11.3 Å². The molecule has 2 N–H and O–H groups in total. The number of hydrogen-bond donors (Lipinski definition) is 2. The Hall–Kier alpha value is -3.91. The first kappa shape index (κ1) is 23.8. The van der Waals surface area contributed by atoms with Crippen molar-refractivity contribution in [2.24, 2.45) is 5.92 Å². The zero-order valence-electron chi connectivity index (χ0n) is 19.9. The van der Waals surface area contributed by atoms with Gasteiger partial charge in [-0.3, -0.25) is 19.6 Å². The van der Waals surface area contributed by atoms with Gasteiger partial charge in [-0.15, -0.1) is 0 Å². The van der Waals surface area contributed by atoms with Gasteiger partial charge in [0.15, 0.2) is 5.78 Å². The maximum absolute atomic E-state index is 14.0. The van der Waals surface area contributed by atoms with Crippen molar-refractivity contribution in [2.45, 2.75) is 26.3 Å². The molecule has 0 aliphatic carbocycles. The van der Waals surface area contributed by atoms with Crippen LogP contribution in [-0.4, -0.2) is 39.9 Å². The molecule has 0 atom stereocenters. The molecule has 1 fully saturated rings. The molecule has 1 aliphatic heterocycles. The lowest BCUT2D eigenvalue weighted by atomic mass is 9.95. The fourth-order valence-electron chi connectivity index (χ4n) is 4.66. The molecule has 4 aromatic rings. The molecule has 184 valence electrons. The number of carbonyl (C=O) groups is 2. The number of nitrogens with one attached hydrogen (secondary N) is 2. The van der Waals surface area contributed by atoms with Crippen molar-refractivity contribution >= 4 is 28.3 Å². The van der Waals surface area contributed by atoms with Gasteiger partial charge in [-0.1, -0.05) is 30.3 Å². The summed E-state index contributed by atoms with van der Waals surface area (Å²) in [6.07, 6.45) is 1.33. The number of likely N-dealkylation sites (tertiary alicyclic amines) is 1. The van der Waals surface area contributed by atoms with E-state index in [0.29, 0.717) is 49.3 Å². The Morgan fingerprint density at radius 3 is 2.47 bits per heavy atom. The second-order valence-electron chi connectivity index (χ2n) is 9.24. The third-order valence-corrected chi connectivity index (χ3v) is 6.76. The molecular formula is C28H26F2N4O2. The number of halogens is 2. The molecule has 6 nitrogen and oxygen atoms in total. The molecule has 0 radical (unpaired) electrons. The summed E-state index contributed by atoms with van der Waals surface area (Å²) in [6, 6.07) is 16.5. The number of piperidine rings is 1. The van der Waals surface area contributed by atoms with Gasteiger partial charge in [0.2, 0.25) is 5.91 Å². The van der Waals surface area contributed by atoms with Gasteiger partial charge in [-0.05, 0) is 57.1 Å². The number of aromatic nitrogens is 2. The van der Waals surface area contributed by atoms with E-state index in [4.69, 9.17) is 0 Å². The number of H-pyrrole nitrogens is 1. The number of benzene rings is 3. The molecule has 0 bridgehead atoms. The number of carbonyl (C=O) groups excluding carboxylic acids is 2. The quantitative estimate of drug-likeness (QED) is 0.348. The number of Topliss-reactive ketones (excluding diaryl/α,β-unsaturated/α-hetero) is 1. The van der Waals surface area contributed by atoms with Crippen molar-refractivity contribution in [1.82, 2.24) is 15.1 Å². The molecular weight excluding hydrogens is 462 g/mol. The van der Waals surface area contributed by atoms with E-state index in [1.165, 1.54) is 19.1 Å². The van der Waals surface area contributed by atoms with Gasteiger partial charge in [-0.2, -0.15) is 5.10 Å². The van der Waals surface area contributed by atoms with Crippen molar-refractivity contribution in [1.29, 1.82) is 0 Å². The van der Waals surface area contributed by atoms with Crippen LogP contribution in [0.1, 0.15) is 35.7 Å². The van der Waals surface area contributed by atoms with Gasteiger partial charge in [0.05, 0.1) is 11.2 Å². The summed E-state index contributed by atoms with van der Waals surface area (Å²) < 4.78 is 27.1. The van der Waals surface area contributed by atoms with Crippen LogP contribution >= 0.6 is 0 Å². The zero-order chi connectivity index (χ0) is 25.2. The molecule has 5 rings (SSSR count). The van der Waals surface area contributed by atoms with Crippen LogP contribution in [0.3, 0.4) is 0 Å². The van der Waals surface area contributed by atoms with E-state index < -0.39 is 11.6 Å². The predicted molar refractivity (Wildman–Crippen MR) is 135 cm³/mol. The van der Waals surface area contributed by atoms with E-state index >= 15 is 0 Å². The third-order valence-electron chi connectivity index (χ3n) is 6.76. The van der Waals surface area contributed by atoms with E-state index in [9.17, 15) is 18.4 Å². The van der Waals surface area contributed by atoms with Gasteiger partial charge >= 0.3 is 0 Å². The summed E-state index contributed by atoms with van der Waals surface area (Å²) in [7, 11) is 0. The van der Waals surface area contributed by atoms with Crippen LogP contribution < -0.4 is 5.32 Å². The van der Waals surface area contributed by atoms with Crippen molar-refractivity contribution in [3.8, 4) is 11.3 Å². The van der Waals surface area contributed by atoms with Crippen LogP contribution in [0.4, 0.5) is 14.5 Å². The third kappa shape index (κ3) is 5.04. The Kier molecular flexibility index (Phi) is 6.61. The largest absolute Gasteiger partial charge is 0.326 e. The summed E-state index contributed by atoms with van der Waals surface area (Å²) in [5, 5.41) is 11.4. The van der Waals surface area contributed by atoms with Crippen LogP contribution in [0.25, 0.3) is 22.2 Å². The molecule has 1 saturated heterocycles. The number of aromatic amines is 1. The first-order valence-corrected chi connectivity index (χ1v) is 11.9. The van der Waals surface area contributed by atoms with Crippen LogP contribution in [0.2, 0.25) is 0 Å². The van der Waals surface area contributed by atoms with Gasteiger partial charge < -0.3 is 5.32 Å². The van der Waals surface area contributed by atoms with Gasteiger partial charge in [0.1, 0.15) is 11.6 Å². The van der Waals surface area contributed by atoms with Crippen LogP contribution in [0, 0.1) is 17.6 Å². The van der Waals surface area contributed by atoms with E-state index in [1.807, 2.05) is 30.3 Å². The van der Waals surface area contributed by atoms with Crippen molar-refractivity contribution in [3.63, 3.8) is 0 Å². The maximum atomic E-state index is 14.0. The fraction of sp³-hybridized carbons (Fsp3) is 0.250. The number of hydrogen-bond acceptors (Lipinski definition) is 4. The first-order chi connectivity index (χ1) is 17.4. The van der Waals surface area contributed by atoms with Gasteiger partial charge in [-0.25, -0.2) is 8.78 Å². The SMILES string of the molecule is CC(=O)c1ccc(-c2n[nH]c3ccc(NC(=O)C4CCN(Cc5ccc(F)cc5F)CC4)cc23)cc1. The Morgan fingerprint density at radius 1 is 1.03 bits per heavy atom. The summed E-state index contributed by atoms with van der Waals surface area (Å²) in [5.74, 6) is -1.31. The average molecular weight is 489 g/mol. The van der Waals surface area contributed by atoms with Crippen molar-refractivity contribution in [2.75, 3.05) is 18.4 Å². The molecule has 0 spiro atoms. The van der Waals surface area contributed by atoms with E-state index in [0.717, 1.165) is 28.2 Å². The summed E-state index contributed by atoms with van der Waals surface area (Å²) in [4.78, 5) is 26.6. The predicted octanol–water partition coefficient (Wildman–Crippen LogP) is 5.56. The highest BCUT2D eigenvalue weighted by molar-refractivity contribution is 5.99. The number of amides is 1. The first-order valence-electron chi connectivity index (χ1n) is 11.9. The molecule has 1 aromatic heterocycles. The van der Waals surface area contributed by atoms with Gasteiger partial charge in [0, 0.05) is 46.3 Å². The molecule has 1 amide bonds. The molecule has 2 heterocycles. The topological polar surface area (TPSA) is 78.1 Å². The highest BCUT2D eigenvalue weighted by atomic mass is 19.1. The molecule has 8 heteroatoms. The Balaban J connectivity index is 1.23. The lowest BCUT2D eigenvalue weighted by Crippen LogP contribution is -2.37. The minimum absolute atomic E-state index is 0.00638. The Morgan fingerprint density at radius 2 is 1.78 bits per heavy atom. The lowest BCUT2D eigenvalue weighted by molar-refractivity contribution is -0.121. The summed E-state index contributed by atoms with van der Waals surface area (Å²) >= 11 is 0. The Labute approximate surface area is 207 Å². The fourth-order valence-corrected chi connectivity index (χ4v) is 4.66. The minimum atomic E-state index is -0.585. The average Bonchev–Trinajstić information content (AvgIpc) is 3.29. The summed E-state index contributed by atoms with van der Waals surface area (Å²) in [6.45, 7) is 3.25. The van der Waals surface area contributed by atoms with E-state index in [2.05, 4.69) is 20.4 Å². The van der Waals surface area contributed by atoms with Crippen molar-refractivity contribution < 1.29 is 18.4 Å². The molecule has 1 aliphatic rings. The number of fused-ring (bicyclic) bond motifs is 1. The van der Waals surface area contributed by atoms with E-state index in [1.54, 1.807) is 12.1 Å². The van der Waals surface area contributed by atoms with Crippen LogP contribution in [0.5, 0.6) is 0 Å². The second-order valence-corrected chi connectivity index (χ2v) is 9.24. The Bertz CT molecular complexity index is 1420.